The van der Waals surface area contributed by atoms with Gasteiger partial charge in [0.15, 0.2) is 0 Å². The molecule has 3 heterocycles. The van der Waals surface area contributed by atoms with E-state index < -0.39 is 5.95 Å². The number of hydrogen-bond acceptors (Lipinski definition) is 3. The maximum absolute atomic E-state index is 13.3. The summed E-state index contributed by atoms with van der Waals surface area (Å²) in [7, 11) is 1.78. The van der Waals surface area contributed by atoms with Gasteiger partial charge in [-0.15, -0.1) is 0 Å². The lowest BCUT2D eigenvalue weighted by molar-refractivity contribution is 0.585. The van der Waals surface area contributed by atoms with Crippen LogP contribution in [0.4, 0.5) is 4.39 Å². The number of hydrogen-bond donors (Lipinski definition) is 0. The van der Waals surface area contributed by atoms with Crippen LogP contribution in [-0.2, 0) is 13.5 Å². The van der Waals surface area contributed by atoms with Crippen LogP contribution in [-0.4, -0.2) is 18.9 Å². The van der Waals surface area contributed by atoms with Crippen LogP contribution in [0.3, 0.4) is 0 Å². The van der Waals surface area contributed by atoms with Gasteiger partial charge < -0.3 is 4.57 Å². The zero-order valence-corrected chi connectivity index (χ0v) is 16.1. The van der Waals surface area contributed by atoms with Crippen LogP contribution in [0, 0.1) is 5.95 Å². The highest BCUT2D eigenvalue weighted by Gasteiger charge is 2.13. The third-order valence-electron chi connectivity index (χ3n) is 4.92. The number of halogens is 1. The molecule has 0 bridgehead atoms. The maximum Gasteiger partial charge on any atom is 0.276 e. The van der Waals surface area contributed by atoms with Crippen molar-refractivity contribution in [1.29, 1.82) is 0 Å². The molecule has 0 N–H and O–H groups in total. The summed E-state index contributed by atoms with van der Waals surface area (Å²) in [6.07, 6.45) is 4.23. The summed E-state index contributed by atoms with van der Waals surface area (Å²) in [5, 5.41) is 0. The van der Waals surface area contributed by atoms with Crippen molar-refractivity contribution >= 4 is 5.52 Å². The minimum atomic E-state index is -0.494. The Kier molecular flexibility index (Phi) is 4.55. The third kappa shape index (κ3) is 3.22. The molecule has 0 unspecified atom stereocenters. The van der Waals surface area contributed by atoms with Gasteiger partial charge in [-0.2, -0.15) is 4.39 Å². The number of nitrogens with zero attached hydrogens (tertiary/aromatic N) is 4. The van der Waals surface area contributed by atoms with Gasteiger partial charge in [0.2, 0.25) is 5.95 Å². The van der Waals surface area contributed by atoms with E-state index in [0.29, 0.717) is 17.6 Å². The van der Waals surface area contributed by atoms with Gasteiger partial charge in [0.25, 0.3) is 5.56 Å². The molecule has 0 aliphatic heterocycles. The SMILES string of the molecule is CC(C)c1ncc2c(=O)n(C)c(Cc3ccc(-c4cccc(F)n4)cc3)cn12. The van der Waals surface area contributed by atoms with Gasteiger partial charge in [-0.3, -0.25) is 9.20 Å². The summed E-state index contributed by atoms with van der Waals surface area (Å²) >= 11 is 0. The Labute approximate surface area is 162 Å². The van der Waals surface area contributed by atoms with Gasteiger partial charge in [-0.25, -0.2) is 9.97 Å². The van der Waals surface area contributed by atoms with E-state index in [9.17, 15) is 9.18 Å². The number of imidazole rings is 1. The zero-order valence-electron chi connectivity index (χ0n) is 16.1. The first-order valence-electron chi connectivity index (χ1n) is 9.22. The summed E-state index contributed by atoms with van der Waals surface area (Å²) in [5.41, 5.74) is 3.93. The second-order valence-corrected chi connectivity index (χ2v) is 7.23. The number of pyridine rings is 1. The van der Waals surface area contributed by atoms with Crippen LogP contribution in [0.15, 0.2) is 59.7 Å². The molecule has 0 aliphatic carbocycles. The fourth-order valence-electron chi connectivity index (χ4n) is 3.37. The molecule has 0 radical (unpaired) electrons. The van der Waals surface area contributed by atoms with Crippen molar-refractivity contribution in [3.63, 3.8) is 0 Å². The topological polar surface area (TPSA) is 52.2 Å². The lowest BCUT2D eigenvalue weighted by atomic mass is 10.1. The minimum Gasteiger partial charge on any atom is -0.312 e. The molecule has 0 atom stereocenters. The zero-order chi connectivity index (χ0) is 19.8. The average Bonchev–Trinajstić information content (AvgIpc) is 3.11. The van der Waals surface area contributed by atoms with Crippen molar-refractivity contribution < 1.29 is 4.39 Å². The van der Waals surface area contributed by atoms with E-state index in [1.165, 1.54) is 6.07 Å². The second kappa shape index (κ2) is 7.03. The molecule has 1 aromatic carbocycles. The highest BCUT2D eigenvalue weighted by molar-refractivity contribution is 5.59. The summed E-state index contributed by atoms with van der Waals surface area (Å²) in [5.74, 6) is 0.605. The lowest BCUT2D eigenvalue weighted by Crippen LogP contribution is -2.23. The maximum atomic E-state index is 13.3. The predicted octanol–water partition coefficient (Wildman–Crippen LogP) is 3.95. The molecule has 142 valence electrons. The first kappa shape index (κ1) is 18.1. The second-order valence-electron chi connectivity index (χ2n) is 7.23. The Hall–Kier alpha value is -3.28. The quantitative estimate of drug-likeness (QED) is 0.507. The fraction of sp³-hybridized carbons (Fsp3) is 0.227. The summed E-state index contributed by atoms with van der Waals surface area (Å²) in [4.78, 5) is 21.0. The van der Waals surface area contributed by atoms with Crippen molar-refractivity contribution in [2.45, 2.75) is 26.2 Å². The normalized spacial score (nSPS) is 11.5. The van der Waals surface area contributed by atoms with Gasteiger partial charge in [0, 0.05) is 36.8 Å². The largest absolute Gasteiger partial charge is 0.312 e. The number of benzene rings is 1. The van der Waals surface area contributed by atoms with E-state index in [4.69, 9.17) is 0 Å². The number of rotatable bonds is 4. The van der Waals surface area contributed by atoms with E-state index in [0.717, 1.165) is 22.6 Å². The third-order valence-corrected chi connectivity index (χ3v) is 4.92. The Balaban J connectivity index is 1.69. The molecule has 28 heavy (non-hydrogen) atoms. The van der Waals surface area contributed by atoms with Gasteiger partial charge in [0.05, 0.1) is 11.9 Å². The van der Waals surface area contributed by atoms with Crippen LogP contribution in [0.25, 0.3) is 16.8 Å². The van der Waals surface area contributed by atoms with Gasteiger partial charge >= 0.3 is 0 Å². The highest BCUT2D eigenvalue weighted by Crippen LogP contribution is 2.20. The molecule has 0 saturated carbocycles. The molecule has 0 saturated heterocycles. The highest BCUT2D eigenvalue weighted by atomic mass is 19.1. The van der Waals surface area contributed by atoms with Crippen LogP contribution >= 0.6 is 0 Å². The standard InChI is InChI=1S/C22H21FN4O/c1-14(2)21-24-12-19-22(28)26(3)17(13-27(19)21)11-15-7-9-16(10-8-15)18-5-4-6-20(23)25-18/h4-10,12-14H,11H2,1-3H3. The first-order valence-corrected chi connectivity index (χ1v) is 9.22. The van der Waals surface area contributed by atoms with E-state index in [1.54, 1.807) is 29.9 Å². The van der Waals surface area contributed by atoms with E-state index in [2.05, 4.69) is 23.8 Å². The lowest BCUT2D eigenvalue weighted by Gasteiger charge is -2.12. The van der Waals surface area contributed by atoms with Gasteiger partial charge in [0.1, 0.15) is 11.3 Å². The molecule has 3 aromatic heterocycles. The van der Waals surface area contributed by atoms with E-state index in [1.807, 2.05) is 34.9 Å². The Morgan fingerprint density at radius 1 is 1.11 bits per heavy atom. The van der Waals surface area contributed by atoms with Crippen molar-refractivity contribution in [3.05, 3.63) is 88.2 Å². The molecule has 4 rings (SSSR count). The molecule has 0 fully saturated rings. The number of aromatic nitrogens is 4. The smallest absolute Gasteiger partial charge is 0.276 e. The molecule has 0 amide bonds. The minimum absolute atomic E-state index is 0.0579. The van der Waals surface area contributed by atoms with E-state index in [-0.39, 0.29) is 11.5 Å². The molecular weight excluding hydrogens is 355 g/mol. The first-order chi connectivity index (χ1) is 13.4. The fourth-order valence-corrected chi connectivity index (χ4v) is 3.37. The predicted molar refractivity (Wildman–Crippen MR) is 107 cm³/mol. The molecule has 4 aromatic rings. The van der Waals surface area contributed by atoms with Crippen LogP contribution in [0.5, 0.6) is 0 Å². The molecular formula is C22H21FN4O. The van der Waals surface area contributed by atoms with Crippen LogP contribution in [0.1, 0.15) is 36.8 Å². The Morgan fingerprint density at radius 2 is 1.86 bits per heavy atom. The Bertz CT molecular complexity index is 1210. The monoisotopic (exact) mass is 376 g/mol. The van der Waals surface area contributed by atoms with Crippen LogP contribution in [0.2, 0.25) is 0 Å². The summed E-state index contributed by atoms with van der Waals surface area (Å²) in [6.45, 7) is 4.12. The van der Waals surface area contributed by atoms with E-state index >= 15 is 0 Å². The van der Waals surface area contributed by atoms with Crippen molar-refractivity contribution in [1.82, 2.24) is 18.9 Å². The average molecular weight is 376 g/mol. The molecule has 5 nitrogen and oxygen atoms in total. The van der Waals surface area contributed by atoms with Crippen molar-refractivity contribution in [3.8, 4) is 11.3 Å². The molecule has 0 spiro atoms. The van der Waals surface area contributed by atoms with Crippen molar-refractivity contribution in [2.75, 3.05) is 0 Å². The Morgan fingerprint density at radius 3 is 2.54 bits per heavy atom. The molecule has 6 heteroatoms. The van der Waals surface area contributed by atoms with Gasteiger partial charge in [-0.05, 0) is 17.7 Å². The van der Waals surface area contributed by atoms with Crippen LogP contribution < -0.4 is 5.56 Å². The van der Waals surface area contributed by atoms with Gasteiger partial charge in [-0.1, -0.05) is 44.2 Å². The summed E-state index contributed by atoms with van der Waals surface area (Å²) < 4.78 is 16.9. The number of fused-ring (bicyclic) bond motifs is 1. The molecule has 0 aliphatic rings. The summed E-state index contributed by atoms with van der Waals surface area (Å²) in [6, 6.07) is 12.6. The van der Waals surface area contributed by atoms with Crippen molar-refractivity contribution in [2.24, 2.45) is 7.05 Å².